The highest BCUT2D eigenvalue weighted by molar-refractivity contribution is 5.81. The summed E-state index contributed by atoms with van der Waals surface area (Å²) >= 11 is 0. The Bertz CT molecular complexity index is 1130. The van der Waals surface area contributed by atoms with Crippen LogP contribution in [-0.2, 0) is 0 Å². The van der Waals surface area contributed by atoms with Gasteiger partial charge in [0.05, 0.1) is 12.3 Å². The van der Waals surface area contributed by atoms with Crippen LogP contribution < -0.4 is 20.3 Å². The minimum absolute atomic E-state index is 0.0623. The number of H-pyrrole nitrogens is 1. The van der Waals surface area contributed by atoms with Crippen molar-refractivity contribution in [3.8, 4) is 17.4 Å². The Balaban J connectivity index is 1.54. The third-order valence-corrected chi connectivity index (χ3v) is 4.24. The number of ether oxygens (including phenoxy) is 2. The number of rotatable bonds is 7. The number of hydrazine groups is 1. The van der Waals surface area contributed by atoms with E-state index in [0.717, 1.165) is 16.6 Å². The van der Waals surface area contributed by atoms with Crippen LogP contribution in [0.4, 0.5) is 11.6 Å². The molecule has 2 heterocycles. The first kappa shape index (κ1) is 18.7. The molecular formula is C21H21N5O3. The second-order valence-electron chi connectivity index (χ2n) is 6.44. The van der Waals surface area contributed by atoms with Crippen LogP contribution in [0.25, 0.3) is 10.9 Å². The maximum absolute atomic E-state index is 8.90. The van der Waals surface area contributed by atoms with E-state index in [0.29, 0.717) is 23.1 Å². The lowest BCUT2D eigenvalue weighted by molar-refractivity contribution is 0.201. The third-order valence-electron chi connectivity index (χ3n) is 4.24. The summed E-state index contributed by atoms with van der Waals surface area (Å²) in [6, 6.07) is 16.7. The SMILES string of the molecule is Cc1cc2cc(Oc3ccnc(N(N)c4cccc(OCCO)c4)n3)ccc2[nH]1. The lowest BCUT2D eigenvalue weighted by Crippen LogP contribution is -2.27. The Kier molecular flexibility index (Phi) is 5.28. The molecule has 4 rings (SSSR count). The molecule has 0 unspecified atom stereocenters. The van der Waals surface area contributed by atoms with E-state index in [4.69, 9.17) is 20.4 Å². The summed E-state index contributed by atoms with van der Waals surface area (Å²) in [4.78, 5) is 11.9. The van der Waals surface area contributed by atoms with Crippen molar-refractivity contribution in [2.75, 3.05) is 18.2 Å². The fraction of sp³-hybridized carbons (Fsp3) is 0.143. The van der Waals surface area contributed by atoms with Gasteiger partial charge < -0.3 is 19.6 Å². The number of nitrogens with two attached hydrogens (primary N) is 1. The van der Waals surface area contributed by atoms with Crippen molar-refractivity contribution in [3.63, 3.8) is 0 Å². The predicted octanol–water partition coefficient (Wildman–Crippen LogP) is 3.44. The smallest absolute Gasteiger partial charge is 0.247 e. The highest BCUT2D eigenvalue weighted by atomic mass is 16.5. The lowest BCUT2D eigenvalue weighted by atomic mass is 10.2. The van der Waals surface area contributed by atoms with E-state index in [9.17, 15) is 0 Å². The molecule has 4 aromatic rings. The molecule has 2 aromatic heterocycles. The molecule has 0 atom stereocenters. The topological polar surface area (TPSA) is 110 Å². The van der Waals surface area contributed by atoms with Gasteiger partial charge in [-0.25, -0.2) is 15.8 Å². The highest BCUT2D eigenvalue weighted by Gasteiger charge is 2.11. The number of hydrogen-bond donors (Lipinski definition) is 3. The fourth-order valence-electron chi connectivity index (χ4n) is 2.95. The first-order valence-corrected chi connectivity index (χ1v) is 9.11. The Labute approximate surface area is 167 Å². The van der Waals surface area contributed by atoms with E-state index >= 15 is 0 Å². The molecule has 0 saturated carbocycles. The van der Waals surface area contributed by atoms with Gasteiger partial charge in [-0.05, 0) is 43.3 Å². The number of aromatic amines is 1. The second kappa shape index (κ2) is 8.17. The summed E-state index contributed by atoms with van der Waals surface area (Å²) in [5, 5.41) is 11.3. The van der Waals surface area contributed by atoms with Crippen LogP contribution in [0, 0.1) is 6.92 Å². The average molecular weight is 391 g/mol. The van der Waals surface area contributed by atoms with Crippen molar-refractivity contribution in [1.82, 2.24) is 15.0 Å². The Morgan fingerprint density at radius 3 is 2.86 bits per heavy atom. The van der Waals surface area contributed by atoms with Crippen LogP contribution in [-0.4, -0.2) is 33.3 Å². The Hall–Kier alpha value is -3.62. The van der Waals surface area contributed by atoms with E-state index in [1.54, 1.807) is 30.5 Å². The second-order valence-corrected chi connectivity index (χ2v) is 6.44. The van der Waals surface area contributed by atoms with Crippen molar-refractivity contribution >= 4 is 22.5 Å². The molecule has 148 valence electrons. The summed E-state index contributed by atoms with van der Waals surface area (Å²) in [6.07, 6.45) is 1.59. The zero-order chi connectivity index (χ0) is 20.2. The Morgan fingerprint density at radius 2 is 2.00 bits per heavy atom. The summed E-state index contributed by atoms with van der Waals surface area (Å²) < 4.78 is 11.3. The minimum atomic E-state index is -0.0623. The van der Waals surface area contributed by atoms with Crippen LogP contribution in [0.15, 0.2) is 60.8 Å². The van der Waals surface area contributed by atoms with E-state index in [2.05, 4.69) is 21.0 Å². The summed E-state index contributed by atoms with van der Waals surface area (Å²) in [7, 11) is 0. The van der Waals surface area contributed by atoms with Gasteiger partial charge in [-0.15, -0.1) is 0 Å². The molecule has 0 fully saturated rings. The van der Waals surface area contributed by atoms with Crippen LogP contribution in [0.2, 0.25) is 0 Å². The quantitative estimate of drug-likeness (QED) is 0.327. The van der Waals surface area contributed by atoms with E-state index in [-0.39, 0.29) is 19.2 Å². The molecule has 0 bridgehead atoms. The normalized spacial score (nSPS) is 10.9. The van der Waals surface area contributed by atoms with E-state index in [1.807, 2.05) is 31.2 Å². The standard InChI is InChI=1S/C21H21N5O3/c1-14-11-15-12-18(5-6-19(15)24-14)29-20-7-8-23-21(25-20)26(22)16-3-2-4-17(13-16)28-10-9-27/h2-8,11-13,24,27H,9-10,22H2,1H3. The maximum atomic E-state index is 8.90. The van der Waals surface area contributed by atoms with Gasteiger partial charge >= 0.3 is 0 Å². The van der Waals surface area contributed by atoms with Crippen LogP contribution in [0.5, 0.6) is 17.4 Å². The fourth-order valence-corrected chi connectivity index (χ4v) is 2.95. The highest BCUT2D eigenvalue weighted by Crippen LogP contribution is 2.27. The molecule has 0 saturated heterocycles. The van der Waals surface area contributed by atoms with Crippen molar-refractivity contribution in [3.05, 3.63) is 66.5 Å². The van der Waals surface area contributed by atoms with Crippen LogP contribution in [0.1, 0.15) is 5.69 Å². The number of aryl methyl sites for hydroxylation is 1. The molecule has 0 amide bonds. The first-order valence-electron chi connectivity index (χ1n) is 9.11. The molecule has 8 heteroatoms. The number of aliphatic hydroxyl groups is 1. The van der Waals surface area contributed by atoms with Gasteiger partial charge in [0.15, 0.2) is 0 Å². The summed E-state index contributed by atoms with van der Waals surface area (Å²) in [5.74, 6) is 8.12. The van der Waals surface area contributed by atoms with E-state index in [1.165, 1.54) is 5.01 Å². The maximum Gasteiger partial charge on any atom is 0.247 e. The zero-order valence-corrected chi connectivity index (χ0v) is 15.9. The van der Waals surface area contributed by atoms with Gasteiger partial charge in [-0.2, -0.15) is 4.98 Å². The number of nitrogens with zero attached hydrogens (tertiary/aromatic N) is 3. The molecule has 4 N–H and O–H groups in total. The molecule has 8 nitrogen and oxygen atoms in total. The monoisotopic (exact) mass is 391 g/mol. The average Bonchev–Trinajstić information content (AvgIpc) is 3.11. The molecule has 2 aromatic carbocycles. The van der Waals surface area contributed by atoms with E-state index < -0.39 is 0 Å². The molecule has 0 aliphatic heterocycles. The van der Waals surface area contributed by atoms with Gasteiger partial charge in [0.2, 0.25) is 11.8 Å². The number of fused-ring (bicyclic) bond motifs is 1. The van der Waals surface area contributed by atoms with Gasteiger partial charge in [-0.3, -0.25) is 0 Å². The largest absolute Gasteiger partial charge is 0.491 e. The van der Waals surface area contributed by atoms with Crippen LogP contribution in [0.3, 0.4) is 0 Å². The number of aliphatic hydroxyl groups excluding tert-OH is 1. The van der Waals surface area contributed by atoms with Crippen molar-refractivity contribution in [2.45, 2.75) is 6.92 Å². The molecule has 0 radical (unpaired) electrons. The number of hydrogen-bond acceptors (Lipinski definition) is 7. The number of aromatic nitrogens is 3. The molecule has 29 heavy (non-hydrogen) atoms. The van der Waals surface area contributed by atoms with Gasteiger partial charge in [0.1, 0.15) is 18.1 Å². The van der Waals surface area contributed by atoms with Crippen molar-refractivity contribution in [2.24, 2.45) is 5.84 Å². The third kappa shape index (κ3) is 4.29. The van der Waals surface area contributed by atoms with Crippen molar-refractivity contribution in [1.29, 1.82) is 0 Å². The van der Waals surface area contributed by atoms with Gasteiger partial charge in [-0.1, -0.05) is 6.07 Å². The predicted molar refractivity (Wildman–Crippen MR) is 110 cm³/mol. The zero-order valence-electron chi connectivity index (χ0n) is 15.9. The van der Waals surface area contributed by atoms with Crippen LogP contribution >= 0.6 is 0 Å². The summed E-state index contributed by atoms with van der Waals surface area (Å²) in [5.41, 5.74) is 2.78. The van der Waals surface area contributed by atoms with Gasteiger partial charge in [0.25, 0.3) is 0 Å². The minimum Gasteiger partial charge on any atom is -0.491 e. The van der Waals surface area contributed by atoms with Crippen molar-refractivity contribution < 1.29 is 14.6 Å². The number of nitrogens with one attached hydrogen (secondary N) is 1. The molecule has 0 spiro atoms. The molecule has 0 aliphatic rings. The Morgan fingerprint density at radius 1 is 1.10 bits per heavy atom. The number of anilines is 2. The molecular weight excluding hydrogens is 370 g/mol. The summed E-state index contributed by atoms with van der Waals surface area (Å²) in [6.45, 7) is 2.16. The number of benzene rings is 2. The molecule has 0 aliphatic carbocycles. The first-order chi connectivity index (χ1) is 14.1. The lowest BCUT2D eigenvalue weighted by Gasteiger charge is -2.17. The van der Waals surface area contributed by atoms with Gasteiger partial charge in [0, 0.05) is 34.9 Å².